The number of nitrogens with zero attached hydrogens (tertiary/aromatic N) is 1. The highest BCUT2D eigenvalue weighted by molar-refractivity contribution is 7.93. The van der Waals surface area contributed by atoms with Gasteiger partial charge in [0.15, 0.2) is 0 Å². The van der Waals surface area contributed by atoms with Crippen molar-refractivity contribution in [1.29, 1.82) is 0 Å². The zero-order chi connectivity index (χ0) is 16.5. The summed E-state index contributed by atoms with van der Waals surface area (Å²) in [4.78, 5) is 10.0. The molecule has 0 unspecified atom stereocenters. The van der Waals surface area contributed by atoms with Crippen LogP contribution in [0.2, 0.25) is 10.0 Å². The third-order valence-electron chi connectivity index (χ3n) is 2.85. The van der Waals surface area contributed by atoms with E-state index in [1.54, 1.807) is 6.92 Å². The number of nitro benzene ring substituents is 1. The van der Waals surface area contributed by atoms with Gasteiger partial charge in [-0.2, -0.15) is 0 Å². The lowest BCUT2D eigenvalue weighted by Gasteiger charge is -2.11. The molecule has 0 saturated heterocycles. The van der Waals surface area contributed by atoms with Crippen molar-refractivity contribution in [3.63, 3.8) is 0 Å². The fourth-order valence-corrected chi connectivity index (χ4v) is 4.01. The lowest BCUT2D eigenvalue weighted by Crippen LogP contribution is -2.14. The van der Waals surface area contributed by atoms with Crippen LogP contribution in [0.1, 0.15) is 5.56 Å². The van der Waals surface area contributed by atoms with E-state index in [1.165, 1.54) is 30.3 Å². The molecular weight excluding hydrogens is 351 g/mol. The molecule has 0 amide bonds. The molecule has 0 atom stereocenters. The van der Waals surface area contributed by atoms with E-state index in [0.29, 0.717) is 5.56 Å². The number of anilines is 1. The average molecular weight is 361 g/mol. The van der Waals surface area contributed by atoms with Gasteiger partial charge in [-0.15, -0.1) is 0 Å². The van der Waals surface area contributed by atoms with Crippen molar-refractivity contribution >= 4 is 44.6 Å². The van der Waals surface area contributed by atoms with Crippen LogP contribution in [0.15, 0.2) is 41.3 Å². The predicted molar refractivity (Wildman–Crippen MR) is 85.1 cm³/mol. The van der Waals surface area contributed by atoms with Crippen molar-refractivity contribution in [1.82, 2.24) is 0 Å². The summed E-state index contributed by atoms with van der Waals surface area (Å²) in [7, 11) is -4.07. The van der Waals surface area contributed by atoms with E-state index in [1.807, 2.05) is 0 Å². The molecule has 0 saturated carbocycles. The van der Waals surface area contributed by atoms with Gasteiger partial charge < -0.3 is 0 Å². The Morgan fingerprint density at radius 1 is 1.14 bits per heavy atom. The molecule has 22 heavy (non-hydrogen) atoms. The largest absolute Gasteiger partial charge is 0.279 e. The molecule has 1 N–H and O–H groups in total. The molecule has 9 heteroatoms. The van der Waals surface area contributed by atoms with Crippen LogP contribution in [-0.4, -0.2) is 13.3 Å². The van der Waals surface area contributed by atoms with Crippen molar-refractivity contribution in [2.45, 2.75) is 11.8 Å². The van der Waals surface area contributed by atoms with E-state index < -0.39 is 14.9 Å². The van der Waals surface area contributed by atoms with Gasteiger partial charge in [0.2, 0.25) is 0 Å². The molecule has 0 aliphatic rings. The van der Waals surface area contributed by atoms with Gasteiger partial charge in [0, 0.05) is 11.6 Å². The maximum atomic E-state index is 12.4. The van der Waals surface area contributed by atoms with Crippen molar-refractivity contribution in [2.75, 3.05) is 4.72 Å². The Hall–Kier alpha value is -1.83. The summed E-state index contributed by atoms with van der Waals surface area (Å²) in [6.07, 6.45) is 0. The highest BCUT2D eigenvalue weighted by Crippen LogP contribution is 2.31. The van der Waals surface area contributed by atoms with Crippen LogP contribution in [0, 0.1) is 17.0 Å². The predicted octanol–water partition coefficient (Wildman–Crippen LogP) is 4.01. The van der Waals surface area contributed by atoms with Gasteiger partial charge in [0.1, 0.15) is 4.90 Å². The van der Waals surface area contributed by atoms with Crippen LogP contribution in [-0.2, 0) is 10.0 Å². The quantitative estimate of drug-likeness (QED) is 0.658. The molecule has 0 radical (unpaired) electrons. The summed E-state index contributed by atoms with van der Waals surface area (Å²) in [5.41, 5.74) is 0.280. The molecule has 0 aliphatic carbocycles. The van der Waals surface area contributed by atoms with Crippen LogP contribution in [0.25, 0.3) is 0 Å². The maximum Gasteiger partial charge on any atom is 0.274 e. The molecule has 0 fully saturated rings. The van der Waals surface area contributed by atoms with Gasteiger partial charge in [0.25, 0.3) is 15.7 Å². The summed E-state index contributed by atoms with van der Waals surface area (Å²) < 4.78 is 27.0. The minimum Gasteiger partial charge on any atom is -0.279 e. The van der Waals surface area contributed by atoms with Gasteiger partial charge >= 0.3 is 0 Å². The smallest absolute Gasteiger partial charge is 0.274 e. The molecule has 2 rings (SSSR count). The van der Waals surface area contributed by atoms with E-state index in [-0.39, 0.29) is 26.3 Å². The topological polar surface area (TPSA) is 89.3 Å². The normalized spacial score (nSPS) is 11.2. The van der Waals surface area contributed by atoms with E-state index in [9.17, 15) is 18.5 Å². The Balaban J connectivity index is 2.46. The third kappa shape index (κ3) is 3.32. The van der Waals surface area contributed by atoms with Crippen LogP contribution >= 0.6 is 23.2 Å². The zero-order valence-corrected chi connectivity index (χ0v) is 13.5. The molecule has 2 aromatic carbocycles. The second-order valence-corrected chi connectivity index (χ2v) is 6.85. The highest BCUT2D eigenvalue weighted by atomic mass is 35.5. The van der Waals surface area contributed by atoms with Crippen LogP contribution in [0.4, 0.5) is 11.4 Å². The Kier molecular flexibility index (Phi) is 4.60. The first-order valence-electron chi connectivity index (χ1n) is 5.94. The summed E-state index contributed by atoms with van der Waals surface area (Å²) in [5, 5.41) is 10.8. The monoisotopic (exact) mass is 360 g/mol. The first-order valence-corrected chi connectivity index (χ1v) is 8.18. The molecule has 2 aromatic rings. The van der Waals surface area contributed by atoms with E-state index >= 15 is 0 Å². The number of benzene rings is 2. The number of aryl methyl sites for hydroxylation is 1. The molecule has 0 spiro atoms. The Morgan fingerprint density at radius 2 is 1.73 bits per heavy atom. The highest BCUT2D eigenvalue weighted by Gasteiger charge is 2.22. The molecule has 6 nitrogen and oxygen atoms in total. The Morgan fingerprint density at radius 3 is 2.27 bits per heavy atom. The van der Waals surface area contributed by atoms with Gasteiger partial charge in [-0.05, 0) is 25.1 Å². The number of hydrogen-bond donors (Lipinski definition) is 1. The van der Waals surface area contributed by atoms with Crippen LogP contribution in [0.3, 0.4) is 0 Å². The number of halogens is 2. The lowest BCUT2D eigenvalue weighted by molar-refractivity contribution is -0.385. The number of rotatable bonds is 4. The lowest BCUT2D eigenvalue weighted by atomic mass is 10.2. The van der Waals surface area contributed by atoms with Gasteiger partial charge in [0.05, 0.1) is 20.7 Å². The molecule has 0 aliphatic heterocycles. The minimum atomic E-state index is -4.07. The van der Waals surface area contributed by atoms with Gasteiger partial charge in [-0.25, -0.2) is 8.42 Å². The third-order valence-corrected chi connectivity index (χ3v) is 5.18. The summed E-state index contributed by atoms with van der Waals surface area (Å²) in [6.45, 7) is 1.56. The minimum absolute atomic E-state index is 0.0402. The summed E-state index contributed by atoms with van der Waals surface area (Å²) in [5.74, 6) is 0. The molecule has 0 aromatic heterocycles. The second-order valence-electron chi connectivity index (χ2n) is 4.41. The fourth-order valence-electron chi connectivity index (χ4n) is 1.82. The van der Waals surface area contributed by atoms with Crippen molar-refractivity contribution in [2.24, 2.45) is 0 Å². The number of sulfonamides is 1. The summed E-state index contributed by atoms with van der Waals surface area (Å²) in [6, 6.07) is 8.30. The van der Waals surface area contributed by atoms with Crippen LogP contribution in [0.5, 0.6) is 0 Å². The number of nitro groups is 1. The summed E-state index contributed by atoms with van der Waals surface area (Å²) >= 11 is 11.8. The van der Waals surface area contributed by atoms with E-state index in [2.05, 4.69) is 4.72 Å². The second kappa shape index (κ2) is 6.12. The standard InChI is InChI=1S/C13H10Cl2N2O4S/c1-8-5-6-9(7-12(8)17(18)19)16-22(20,21)13-10(14)3-2-4-11(13)15/h2-7,16H,1H3. The molecule has 0 heterocycles. The number of nitrogens with one attached hydrogen (secondary N) is 1. The van der Waals surface area contributed by atoms with Crippen molar-refractivity contribution in [3.05, 3.63) is 62.1 Å². The van der Waals surface area contributed by atoms with Crippen LogP contribution < -0.4 is 4.72 Å². The first-order chi connectivity index (χ1) is 10.2. The first kappa shape index (κ1) is 16.5. The maximum absolute atomic E-state index is 12.4. The van der Waals surface area contributed by atoms with Crippen molar-refractivity contribution in [3.8, 4) is 0 Å². The van der Waals surface area contributed by atoms with Crippen molar-refractivity contribution < 1.29 is 13.3 Å². The van der Waals surface area contributed by atoms with E-state index in [4.69, 9.17) is 23.2 Å². The molecule has 116 valence electrons. The average Bonchev–Trinajstić information content (AvgIpc) is 2.39. The SMILES string of the molecule is Cc1ccc(NS(=O)(=O)c2c(Cl)cccc2Cl)cc1[N+](=O)[O-]. The number of hydrogen-bond acceptors (Lipinski definition) is 4. The Labute approximate surface area is 136 Å². The molecular formula is C13H10Cl2N2O4S. The zero-order valence-electron chi connectivity index (χ0n) is 11.2. The van der Waals surface area contributed by atoms with E-state index in [0.717, 1.165) is 6.07 Å². The van der Waals surface area contributed by atoms with Gasteiger partial charge in [-0.1, -0.05) is 35.3 Å². The fraction of sp³-hybridized carbons (Fsp3) is 0.0769. The van der Waals surface area contributed by atoms with Gasteiger partial charge in [-0.3, -0.25) is 14.8 Å². The Bertz CT molecular complexity index is 833. The molecule has 0 bridgehead atoms.